The van der Waals surface area contributed by atoms with Crippen molar-refractivity contribution in [2.75, 3.05) is 0 Å². The zero-order chi connectivity index (χ0) is 4.28. The van der Waals surface area contributed by atoms with Crippen molar-refractivity contribution >= 4 is 25.3 Å². The minimum atomic E-state index is 0.938. The van der Waals surface area contributed by atoms with Gasteiger partial charge in [0.05, 0.1) is 0 Å². The molecule has 0 N–H and O–H groups in total. The van der Waals surface area contributed by atoms with Crippen LogP contribution in [0.1, 0.15) is 6.92 Å². The first-order chi connectivity index (χ1) is 2.27. The Morgan fingerprint density at radius 1 is 1.80 bits per heavy atom. The molecule has 0 aliphatic carbocycles. The molecule has 0 nitrogen and oxygen atoms in total. The van der Waals surface area contributed by atoms with Gasteiger partial charge in [0.15, 0.2) is 0 Å². The van der Waals surface area contributed by atoms with Crippen LogP contribution in [0.15, 0.2) is 10.3 Å². The topological polar surface area (TPSA) is 0 Å². The summed E-state index contributed by atoms with van der Waals surface area (Å²) in [5.41, 5.74) is 0. The molecule has 30 valence electrons. The van der Waals surface area contributed by atoms with E-state index >= 15 is 0 Å². The molecule has 0 radical (unpaired) electrons. The molecule has 0 unspecified atom stereocenters. The van der Waals surface area contributed by atoms with Crippen LogP contribution in [0.3, 0.4) is 0 Å². The lowest BCUT2D eigenvalue weighted by Gasteiger charge is -1.72. The molecule has 0 heterocycles. The highest BCUT2D eigenvalue weighted by molar-refractivity contribution is 7.87. The summed E-state index contributed by atoms with van der Waals surface area (Å²) in [7, 11) is 0. The molecule has 0 bridgehead atoms. The van der Waals surface area contributed by atoms with Crippen LogP contribution in [0.2, 0.25) is 0 Å². The van der Waals surface area contributed by atoms with E-state index in [0.717, 1.165) is 4.91 Å². The fourth-order valence-electron chi connectivity index (χ4n) is 0. The Labute approximate surface area is 43.1 Å². The maximum Gasteiger partial charge on any atom is -0.0155 e. The van der Waals surface area contributed by atoms with Gasteiger partial charge in [0.1, 0.15) is 0 Å². The third kappa shape index (κ3) is 4.44. The van der Waals surface area contributed by atoms with Gasteiger partial charge in [-0.25, -0.2) is 0 Å². The summed E-state index contributed by atoms with van der Waals surface area (Å²) in [6, 6.07) is 0. The summed E-state index contributed by atoms with van der Waals surface area (Å²) in [4.78, 5) is 0.938. The van der Waals surface area contributed by atoms with E-state index in [1.54, 1.807) is 5.41 Å². The minimum absolute atomic E-state index is 0.938. The van der Waals surface area contributed by atoms with Crippen molar-refractivity contribution in [3.63, 3.8) is 0 Å². The Hall–Kier alpha value is 0.440. The summed E-state index contributed by atoms with van der Waals surface area (Å²) >= 11 is 7.66. The highest BCUT2D eigenvalue weighted by atomic mass is 32.1. The highest BCUT2D eigenvalue weighted by Gasteiger charge is 1.62. The molecule has 0 aliphatic rings. The zero-order valence-corrected chi connectivity index (χ0v) is 4.76. The molecule has 0 fully saturated rings. The van der Waals surface area contributed by atoms with Gasteiger partial charge < -0.3 is 0 Å². The van der Waals surface area contributed by atoms with Gasteiger partial charge in [-0.15, -0.1) is 12.6 Å². The third-order valence-electron chi connectivity index (χ3n) is 0.187. The van der Waals surface area contributed by atoms with Gasteiger partial charge in [0.2, 0.25) is 0 Å². The Morgan fingerprint density at radius 2 is 2.00 bits per heavy atom. The monoisotopic (exact) mass is 106 g/mol. The second-order valence-corrected chi connectivity index (χ2v) is 1.73. The van der Waals surface area contributed by atoms with Crippen LogP contribution >= 0.6 is 25.3 Å². The van der Waals surface area contributed by atoms with Gasteiger partial charge in [-0.05, 0) is 17.2 Å². The Morgan fingerprint density at radius 3 is 2.00 bits per heavy atom. The van der Waals surface area contributed by atoms with Crippen LogP contribution in [0, 0.1) is 0 Å². The highest BCUT2D eigenvalue weighted by Crippen LogP contribution is 1.96. The standard InChI is InChI=1S/C3H6S2/c1-3(5)2-4/h2,4-5H,1H3. The van der Waals surface area contributed by atoms with Crippen LogP contribution in [-0.2, 0) is 0 Å². The second kappa shape index (κ2) is 2.67. The fraction of sp³-hybridized carbons (Fsp3) is 0.333. The quantitative estimate of drug-likeness (QED) is 0.431. The van der Waals surface area contributed by atoms with Crippen molar-refractivity contribution in [2.24, 2.45) is 0 Å². The summed E-state index contributed by atoms with van der Waals surface area (Å²) in [5.74, 6) is 0. The molecule has 0 amide bonds. The summed E-state index contributed by atoms with van der Waals surface area (Å²) in [6.45, 7) is 1.87. The molecular weight excluding hydrogens is 100 g/mol. The van der Waals surface area contributed by atoms with E-state index in [0.29, 0.717) is 0 Å². The molecule has 0 aromatic heterocycles. The fourth-order valence-corrected chi connectivity index (χ4v) is 0. The van der Waals surface area contributed by atoms with Gasteiger partial charge >= 0.3 is 0 Å². The van der Waals surface area contributed by atoms with E-state index in [9.17, 15) is 0 Å². The molecule has 0 saturated heterocycles. The zero-order valence-electron chi connectivity index (χ0n) is 2.97. The largest absolute Gasteiger partial charge is 0.151 e. The van der Waals surface area contributed by atoms with Crippen molar-refractivity contribution in [1.29, 1.82) is 0 Å². The average molecular weight is 106 g/mol. The lowest BCUT2D eigenvalue weighted by atomic mass is 10.8. The lowest BCUT2D eigenvalue weighted by Crippen LogP contribution is -1.42. The number of rotatable bonds is 0. The number of allylic oxidation sites excluding steroid dienone is 1. The predicted molar refractivity (Wildman–Crippen MR) is 31.7 cm³/mol. The lowest BCUT2D eigenvalue weighted by molar-refractivity contribution is 1.73. The van der Waals surface area contributed by atoms with Crippen molar-refractivity contribution in [3.05, 3.63) is 10.3 Å². The molecule has 0 spiro atoms. The smallest absolute Gasteiger partial charge is 0.0155 e. The van der Waals surface area contributed by atoms with Crippen molar-refractivity contribution in [1.82, 2.24) is 0 Å². The van der Waals surface area contributed by atoms with Crippen LogP contribution in [-0.4, -0.2) is 0 Å². The molecule has 5 heavy (non-hydrogen) atoms. The Kier molecular flexibility index (Phi) is 2.90. The van der Waals surface area contributed by atoms with Gasteiger partial charge in [-0.1, -0.05) is 0 Å². The molecular formula is C3H6S2. The van der Waals surface area contributed by atoms with Crippen LogP contribution in [0.5, 0.6) is 0 Å². The molecule has 0 aromatic rings. The van der Waals surface area contributed by atoms with Gasteiger partial charge in [0, 0.05) is 0 Å². The average Bonchev–Trinajstić information content (AvgIpc) is 1.38. The predicted octanol–water partition coefficient (Wildman–Crippen LogP) is 1.71. The van der Waals surface area contributed by atoms with Crippen molar-refractivity contribution in [3.8, 4) is 0 Å². The van der Waals surface area contributed by atoms with Crippen molar-refractivity contribution in [2.45, 2.75) is 6.92 Å². The first-order valence-corrected chi connectivity index (χ1v) is 2.23. The van der Waals surface area contributed by atoms with Gasteiger partial charge in [-0.3, -0.25) is 0 Å². The van der Waals surface area contributed by atoms with Gasteiger partial charge in [-0.2, -0.15) is 12.6 Å². The minimum Gasteiger partial charge on any atom is -0.151 e. The maximum atomic E-state index is 3.88. The Bertz CT molecular complexity index is 42.9. The van der Waals surface area contributed by atoms with Crippen molar-refractivity contribution < 1.29 is 0 Å². The van der Waals surface area contributed by atoms with E-state index in [-0.39, 0.29) is 0 Å². The van der Waals surface area contributed by atoms with E-state index in [1.807, 2.05) is 6.92 Å². The summed E-state index contributed by atoms with van der Waals surface area (Å²) < 4.78 is 0. The molecule has 0 rings (SSSR count). The SMILES string of the molecule is CC(S)=CS. The number of hydrogen-bond donors (Lipinski definition) is 2. The summed E-state index contributed by atoms with van der Waals surface area (Å²) in [5, 5.41) is 1.64. The normalized spacial score (nSPS) is 12.2. The number of thiol groups is 2. The molecule has 0 aromatic carbocycles. The first-order valence-electron chi connectivity index (χ1n) is 1.27. The molecule has 0 aliphatic heterocycles. The molecule has 0 atom stereocenters. The van der Waals surface area contributed by atoms with E-state index in [1.165, 1.54) is 0 Å². The van der Waals surface area contributed by atoms with Crippen LogP contribution in [0.4, 0.5) is 0 Å². The van der Waals surface area contributed by atoms with Crippen LogP contribution in [0.25, 0.3) is 0 Å². The second-order valence-electron chi connectivity index (χ2n) is 0.770. The third-order valence-corrected chi connectivity index (χ3v) is 0.907. The van der Waals surface area contributed by atoms with Gasteiger partial charge in [0.25, 0.3) is 0 Å². The van der Waals surface area contributed by atoms with E-state index in [2.05, 4.69) is 25.3 Å². The Balaban J connectivity index is 3.14. The summed E-state index contributed by atoms with van der Waals surface area (Å²) in [6.07, 6.45) is 0. The van der Waals surface area contributed by atoms with Crippen LogP contribution < -0.4 is 0 Å². The molecule has 0 saturated carbocycles. The number of hydrogen-bond acceptors (Lipinski definition) is 2. The first kappa shape index (κ1) is 5.44. The van der Waals surface area contributed by atoms with E-state index < -0.39 is 0 Å². The maximum absolute atomic E-state index is 3.88. The van der Waals surface area contributed by atoms with E-state index in [4.69, 9.17) is 0 Å². The molecule has 2 heteroatoms.